The normalized spacial score (nSPS) is 17.1. The van der Waals surface area contributed by atoms with Gasteiger partial charge in [0.15, 0.2) is 0 Å². The Bertz CT molecular complexity index is 331. The lowest BCUT2D eigenvalue weighted by atomic mass is 9.98. The van der Waals surface area contributed by atoms with Crippen molar-refractivity contribution in [2.75, 3.05) is 26.8 Å². The van der Waals surface area contributed by atoms with Gasteiger partial charge in [-0.1, -0.05) is 0 Å². The van der Waals surface area contributed by atoms with Gasteiger partial charge < -0.3 is 20.7 Å². The van der Waals surface area contributed by atoms with Gasteiger partial charge in [0.2, 0.25) is 11.8 Å². The second-order valence-electron chi connectivity index (χ2n) is 6.14. The SMILES string of the molecule is COCC(=O)NC1CCN(C(=O)CCC(C)(C)N)CC1. The fourth-order valence-electron chi connectivity index (χ4n) is 2.26. The number of ether oxygens (including phenoxy) is 1. The number of rotatable bonds is 6. The van der Waals surface area contributed by atoms with Crippen LogP contribution in [0.4, 0.5) is 0 Å². The molecule has 1 aliphatic rings. The summed E-state index contributed by atoms with van der Waals surface area (Å²) in [7, 11) is 1.50. The van der Waals surface area contributed by atoms with Gasteiger partial charge in [-0.2, -0.15) is 0 Å². The van der Waals surface area contributed by atoms with E-state index in [0.717, 1.165) is 12.8 Å². The highest BCUT2D eigenvalue weighted by Gasteiger charge is 2.24. The van der Waals surface area contributed by atoms with Crippen molar-refractivity contribution in [1.29, 1.82) is 0 Å². The molecule has 0 aliphatic carbocycles. The maximum Gasteiger partial charge on any atom is 0.246 e. The van der Waals surface area contributed by atoms with E-state index in [0.29, 0.717) is 25.9 Å². The van der Waals surface area contributed by atoms with Crippen LogP contribution in [0.25, 0.3) is 0 Å². The summed E-state index contributed by atoms with van der Waals surface area (Å²) in [5.41, 5.74) is 5.59. The lowest BCUT2D eigenvalue weighted by Crippen LogP contribution is -2.47. The zero-order chi connectivity index (χ0) is 15.2. The number of carbonyl (C=O) groups excluding carboxylic acids is 2. The molecule has 6 heteroatoms. The van der Waals surface area contributed by atoms with Gasteiger partial charge in [0.05, 0.1) is 0 Å². The first-order valence-corrected chi connectivity index (χ1v) is 7.17. The summed E-state index contributed by atoms with van der Waals surface area (Å²) in [5, 5.41) is 2.91. The van der Waals surface area contributed by atoms with Crippen molar-refractivity contribution in [2.24, 2.45) is 5.73 Å². The standard InChI is InChI=1S/C14H27N3O3/c1-14(2,15)7-4-13(19)17-8-5-11(6-9-17)16-12(18)10-20-3/h11H,4-10,15H2,1-3H3,(H,16,18). The Hall–Kier alpha value is -1.14. The Balaban J connectivity index is 2.27. The van der Waals surface area contributed by atoms with Gasteiger partial charge in [-0.15, -0.1) is 0 Å². The molecule has 0 atom stereocenters. The van der Waals surface area contributed by atoms with Gasteiger partial charge in [0.1, 0.15) is 6.61 Å². The molecule has 3 N–H and O–H groups in total. The van der Waals surface area contributed by atoms with Crippen LogP contribution in [0.5, 0.6) is 0 Å². The van der Waals surface area contributed by atoms with Gasteiger partial charge in [0.25, 0.3) is 0 Å². The number of likely N-dealkylation sites (tertiary alicyclic amines) is 1. The maximum absolute atomic E-state index is 12.0. The predicted octanol–water partition coefficient (Wildman–Crippen LogP) is 0.258. The Kier molecular flexibility index (Phi) is 6.42. The first-order chi connectivity index (χ1) is 9.31. The summed E-state index contributed by atoms with van der Waals surface area (Å²) in [4.78, 5) is 25.3. The van der Waals surface area contributed by atoms with E-state index in [1.165, 1.54) is 7.11 Å². The minimum absolute atomic E-state index is 0.0880. The van der Waals surface area contributed by atoms with Crippen LogP contribution < -0.4 is 11.1 Å². The van der Waals surface area contributed by atoms with E-state index in [4.69, 9.17) is 10.5 Å². The van der Waals surface area contributed by atoms with E-state index in [1.807, 2.05) is 18.7 Å². The third-order valence-corrected chi connectivity index (χ3v) is 3.47. The van der Waals surface area contributed by atoms with Gasteiger partial charge in [-0.25, -0.2) is 0 Å². The fourth-order valence-corrected chi connectivity index (χ4v) is 2.26. The van der Waals surface area contributed by atoms with Crippen LogP contribution in [0.15, 0.2) is 0 Å². The molecule has 1 fully saturated rings. The van der Waals surface area contributed by atoms with E-state index in [2.05, 4.69) is 5.32 Å². The zero-order valence-electron chi connectivity index (χ0n) is 12.8. The zero-order valence-corrected chi connectivity index (χ0v) is 12.8. The topological polar surface area (TPSA) is 84.7 Å². The monoisotopic (exact) mass is 285 g/mol. The first kappa shape index (κ1) is 16.9. The number of hydrogen-bond acceptors (Lipinski definition) is 4. The van der Waals surface area contributed by atoms with Crippen molar-refractivity contribution >= 4 is 11.8 Å². The van der Waals surface area contributed by atoms with Crippen molar-refractivity contribution in [2.45, 2.75) is 51.1 Å². The third-order valence-electron chi connectivity index (χ3n) is 3.47. The van der Waals surface area contributed by atoms with Crippen LogP contribution in [-0.4, -0.2) is 55.1 Å². The highest BCUT2D eigenvalue weighted by molar-refractivity contribution is 5.78. The summed E-state index contributed by atoms with van der Waals surface area (Å²) >= 11 is 0. The molecule has 116 valence electrons. The number of nitrogens with zero attached hydrogens (tertiary/aromatic N) is 1. The molecule has 1 heterocycles. The molecule has 2 amide bonds. The highest BCUT2D eigenvalue weighted by Crippen LogP contribution is 2.14. The van der Waals surface area contributed by atoms with Crippen molar-refractivity contribution in [1.82, 2.24) is 10.2 Å². The van der Waals surface area contributed by atoms with Crippen LogP contribution in [0, 0.1) is 0 Å². The molecular formula is C14H27N3O3. The van der Waals surface area contributed by atoms with E-state index < -0.39 is 0 Å². The molecule has 0 radical (unpaired) electrons. The molecule has 0 spiro atoms. The van der Waals surface area contributed by atoms with Crippen LogP contribution in [-0.2, 0) is 14.3 Å². The van der Waals surface area contributed by atoms with Crippen molar-refractivity contribution in [3.8, 4) is 0 Å². The number of amides is 2. The molecule has 20 heavy (non-hydrogen) atoms. The van der Waals surface area contributed by atoms with Crippen LogP contribution in [0.3, 0.4) is 0 Å². The highest BCUT2D eigenvalue weighted by atomic mass is 16.5. The maximum atomic E-state index is 12.0. The molecule has 0 unspecified atom stereocenters. The molecule has 0 aromatic rings. The number of nitrogens with two attached hydrogens (primary N) is 1. The van der Waals surface area contributed by atoms with E-state index >= 15 is 0 Å². The lowest BCUT2D eigenvalue weighted by Gasteiger charge is -2.33. The summed E-state index contributed by atoms with van der Waals surface area (Å²) in [6.45, 7) is 5.34. The third kappa shape index (κ3) is 6.34. The molecule has 1 saturated heterocycles. The average molecular weight is 285 g/mol. The first-order valence-electron chi connectivity index (χ1n) is 7.17. The van der Waals surface area contributed by atoms with Gasteiger partial charge in [-0.3, -0.25) is 9.59 Å². The summed E-state index contributed by atoms with van der Waals surface area (Å²) in [6, 6.07) is 0.146. The number of methoxy groups -OCH3 is 1. The summed E-state index contributed by atoms with van der Waals surface area (Å²) in [6.07, 6.45) is 2.78. The van der Waals surface area contributed by atoms with Crippen LogP contribution >= 0.6 is 0 Å². The molecule has 0 saturated carbocycles. The average Bonchev–Trinajstić information content (AvgIpc) is 2.36. The molecule has 0 aromatic carbocycles. The van der Waals surface area contributed by atoms with Crippen LogP contribution in [0.1, 0.15) is 39.5 Å². The number of nitrogens with one attached hydrogen (secondary N) is 1. The Morgan fingerprint density at radius 3 is 2.45 bits per heavy atom. The van der Waals surface area contributed by atoms with E-state index in [-0.39, 0.29) is 30.0 Å². The van der Waals surface area contributed by atoms with Gasteiger partial charge in [-0.05, 0) is 33.1 Å². The quantitative estimate of drug-likeness (QED) is 0.733. The van der Waals surface area contributed by atoms with Crippen LogP contribution in [0.2, 0.25) is 0 Å². The smallest absolute Gasteiger partial charge is 0.246 e. The summed E-state index contributed by atoms with van der Waals surface area (Å²) in [5.74, 6) is 0.0624. The minimum Gasteiger partial charge on any atom is -0.375 e. The lowest BCUT2D eigenvalue weighted by molar-refractivity contribution is -0.132. The second-order valence-corrected chi connectivity index (χ2v) is 6.14. The molecular weight excluding hydrogens is 258 g/mol. The van der Waals surface area contributed by atoms with Gasteiger partial charge in [0, 0.05) is 38.2 Å². The Morgan fingerprint density at radius 2 is 1.95 bits per heavy atom. The van der Waals surface area contributed by atoms with E-state index in [1.54, 1.807) is 0 Å². The number of piperidine rings is 1. The van der Waals surface area contributed by atoms with Gasteiger partial charge >= 0.3 is 0 Å². The fraction of sp³-hybridized carbons (Fsp3) is 0.857. The van der Waals surface area contributed by atoms with E-state index in [9.17, 15) is 9.59 Å². The second kappa shape index (κ2) is 7.59. The minimum atomic E-state index is -0.303. The predicted molar refractivity (Wildman–Crippen MR) is 77.1 cm³/mol. The molecule has 6 nitrogen and oxygen atoms in total. The van der Waals surface area contributed by atoms with Crippen molar-refractivity contribution < 1.29 is 14.3 Å². The molecule has 1 aliphatic heterocycles. The van der Waals surface area contributed by atoms with Crippen molar-refractivity contribution in [3.63, 3.8) is 0 Å². The number of carbonyl (C=O) groups is 2. The molecule has 0 bridgehead atoms. The summed E-state index contributed by atoms with van der Waals surface area (Å²) < 4.78 is 4.78. The largest absolute Gasteiger partial charge is 0.375 e. The Labute approximate surface area is 121 Å². The Morgan fingerprint density at radius 1 is 1.35 bits per heavy atom. The molecule has 0 aromatic heterocycles. The van der Waals surface area contributed by atoms with Crippen molar-refractivity contribution in [3.05, 3.63) is 0 Å². The molecule has 1 rings (SSSR count). The number of hydrogen-bond donors (Lipinski definition) is 2.